The Kier molecular flexibility index (Phi) is 5.31. The van der Waals surface area contributed by atoms with Crippen LogP contribution in [-0.2, 0) is 4.79 Å². The molecule has 2 heterocycles. The van der Waals surface area contributed by atoms with E-state index in [4.69, 9.17) is 4.74 Å². The highest BCUT2D eigenvalue weighted by molar-refractivity contribution is 5.80. The van der Waals surface area contributed by atoms with Crippen LogP contribution >= 0.6 is 0 Å². The summed E-state index contributed by atoms with van der Waals surface area (Å²) in [6.07, 6.45) is -1.01. The van der Waals surface area contributed by atoms with Crippen molar-refractivity contribution in [2.75, 3.05) is 19.6 Å². The molecule has 150 valence electrons. The number of aliphatic hydroxyl groups is 1. The molecule has 0 bridgehead atoms. The van der Waals surface area contributed by atoms with Gasteiger partial charge in [-0.1, -0.05) is 0 Å². The Morgan fingerprint density at radius 3 is 2.59 bits per heavy atom. The van der Waals surface area contributed by atoms with Crippen molar-refractivity contribution in [1.29, 1.82) is 0 Å². The van der Waals surface area contributed by atoms with E-state index >= 15 is 0 Å². The van der Waals surface area contributed by atoms with Crippen molar-refractivity contribution in [1.82, 2.24) is 9.80 Å². The van der Waals surface area contributed by atoms with Gasteiger partial charge in [-0.3, -0.25) is 9.69 Å². The summed E-state index contributed by atoms with van der Waals surface area (Å²) in [5, 5.41) is 10.9. The zero-order chi connectivity index (χ0) is 19.9. The number of ether oxygens (including phenoxy) is 2. The molecule has 27 heavy (non-hydrogen) atoms. The molecule has 0 saturated carbocycles. The van der Waals surface area contributed by atoms with Crippen LogP contribution in [0.2, 0.25) is 0 Å². The molecule has 1 N–H and O–H groups in total. The summed E-state index contributed by atoms with van der Waals surface area (Å²) in [7, 11) is 0. The molecule has 2 atom stereocenters. The third-order valence-electron chi connectivity index (χ3n) is 5.26. The summed E-state index contributed by atoms with van der Waals surface area (Å²) in [5.74, 6) is 0.316. The van der Waals surface area contributed by atoms with Gasteiger partial charge >= 0.3 is 6.61 Å². The second-order valence-corrected chi connectivity index (χ2v) is 7.82. The molecule has 2 aliphatic rings. The SMILES string of the molecule is CC(C)N1CCN(C2c3cc(OC(F)F)ccc3OC(C)(C)C2O)C(=O)C1. The lowest BCUT2D eigenvalue weighted by atomic mass is 9.85. The Morgan fingerprint density at radius 1 is 1.30 bits per heavy atom. The number of hydrogen-bond acceptors (Lipinski definition) is 5. The highest BCUT2D eigenvalue weighted by Gasteiger charge is 2.47. The normalized spacial score (nSPS) is 25.5. The maximum Gasteiger partial charge on any atom is 0.387 e. The molecule has 0 radical (unpaired) electrons. The van der Waals surface area contributed by atoms with E-state index in [0.29, 0.717) is 24.4 Å². The number of aliphatic hydroxyl groups excluding tert-OH is 1. The van der Waals surface area contributed by atoms with Gasteiger partial charge in [0.25, 0.3) is 0 Å². The van der Waals surface area contributed by atoms with Crippen molar-refractivity contribution in [3.8, 4) is 11.5 Å². The van der Waals surface area contributed by atoms with Gasteiger partial charge in [-0.2, -0.15) is 8.78 Å². The number of carbonyl (C=O) groups excluding carboxylic acids is 1. The molecular weight excluding hydrogens is 358 g/mol. The van der Waals surface area contributed by atoms with Crippen LogP contribution in [0.4, 0.5) is 8.78 Å². The lowest BCUT2D eigenvalue weighted by molar-refractivity contribution is -0.151. The van der Waals surface area contributed by atoms with Gasteiger partial charge in [0.1, 0.15) is 23.2 Å². The number of benzene rings is 1. The number of alkyl halides is 2. The summed E-state index contributed by atoms with van der Waals surface area (Å²) in [4.78, 5) is 16.5. The van der Waals surface area contributed by atoms with Crippen LogP contribution in [0.3, 0.4) is 0 Å². The number of rotatable bonds is 4. The number of halogens is 2. The average molecular weight is 384 g/mol. The fourth-order valence-electron chi connectivity index (χ4n) is 3.70. The molecule has 1 amide bonds. The Bertz CT molecular complexity index is 711. The number of carbonyl (C=O) groups is 1. The predicted octanol–water partition coefficient (Wildman–Crippen LogP) is 2.41. The molecule has 2 unspecified atom stereocenters. The standard InChI is InChI=1S/C19H26F2N2O4/c1-11(2)22-7-8-23(15(24)10-22)16-13-9-12(26-18(20)21)5-6-14(13)27-19(3,4)17(16)25/h5-6,9,11,16-18,25H,7-8,10H2,1-4H3. The first-order chi connectivity index (χ1) is 12.6. The van der Waals surface area contributed by atoms with Crippen LogP contribution in [-0.4, -0.2) is 64.8 Å². The average Bonchev–Trinajstić information content (AvgIpc) is 2.56. The molecule has 1 aromatic carbocycles. The summed E-state index contributed by atoms with van der Waals surface area (Å²) < 4.78 is 35.6. The van der Waals surface area contributed by atoms with Gasteiger partial charge < -0.3 is 19.5 Å². The van der Waals surface area contributed by atoms with Crippen molar-refractivity contribution in [3.63, 3.8) is 0 Å². The summed E-state index contributed by atoms with van der Waals surface area (Å²) in [6.45, 7) is 5.95. The maximum atomic E-state index is 12.8. The van der Waals surface area contributed by atoms with Crippen molar-refractivity contribution in [3.05, 3.63) is 23.8 Å². The van der Waals surface area contributed by atoms with E-state index in [1.807, 2.05) is 13.8 Å². The molecule has 0 aromatic heterocycles. The molecule has 1 saturated heterocycles. The van der Waals surface area contributed by atoms with Crippen LogP contribution in [0.15, 0.2) is 18.2 Å². The van der Waals surface area contributed by atoms with Crippen LogP contribution in [0, 0.1) is 0 Å². The Labute approximate surface area is 157 Å². The molecule has 2 aliphatic heterocycles. The van der Waals surface area contributed by atoms with Gasteiger partial charge in [-0.05, 0) is 45.9 Å². The lowest BCUT2D eigenvalue weighted by Gasteiger charge is -2.48. The minimum Gasteiger partial charge on any atom is -0.485 e. The molecule has 3 rings (SSSR count). The smallest absolute Gasteiger partial charge is 0.387 e. The van der Waals surface area contributed by atoms with E-state index in [9.17, 15) is 18.7 Å². The van der Waals surface area contributed by atoms with Crippen molar-refractivity contribution < 1.29 is 28.2 Å². The monoisotopic (exact) mass is 384 g/mol. The van der Waals surface area contributed by atoms with Crippen LogP contribution < -0.4 is 9.47 Å². The van der Waals surface area contributed by atoms with Gasteiger partial charge in [0.2, 0.25) is 5.91 Å². The van der Waals surface area contributed by atoms with Gasteiger partial charge in [0.15, 0.2) is 0 Å². The Balaban J connectivity index is 1.97. The first-order valence-electron chi connectivity index (χ1n) is 9.09. The maximum absolute atomic E-state index is 12.8. The van der Waals surface area contributed by atoms with E-state index < -0.39 is 24.4 Å². The number of fused-ring (bicyclic) bond motifs is 1. The zero-order valence-electron chi connectivity index (χ0n) is 16.0. The van der Waals surface area contributed by atoms with Gasteiger partial charge in [-0.15, -0.1) is 0 Å². The lowest BCUT2D eigenvalue weighted by Crippen LogP contribution is -2.59. The van der Waals surface area contributed by atoms with Gasteiger partial charge in [-0.25, -0.2) is 0 Å². The molecule has 1 fully saturated rings. The van der Waals surface area contributed by atoms with Crippen LogP contribution in [0.1, 0.15) is 39.3 Å². The minimum atomic E-state index is -2.96. The van der Waals surface area contributed by atoms with Crippen molar-refractivity contribution >= 4 is 5.91 Å². The number of nitrogens with zero attached hydrogens (tertiary/aromatic N) is 2. The topological polar surface area (TPSA) is 62.2 Å². The van der Waals surface area contributed by atoms with Crippen molar-refractivity contribution in [2.45, 2.75) is 58.1 Å². The third kappa shape index (κ3) is 3.87. The van der Waals surface area contributed by atoms with Crippen molar-refractivity contribution in [2.24, 2.45) is 0 Å². The first kappa shape index (κ1) is 19.8. The van der Waals surface area contributed by atoms with E-state index in [2.05, 4.69) is 9.64 Å². The number of amides is 1. The quantitative estimate of drug-likeness (QED) is 0.864. The number of hydrogen-bond donors (Lipinski definition) is 1. The highest BCUT2D eigenvalue weighted by Crippen LogP contribution is 2.44. The summed E-state index contributed by atoms with van der Waals surface area (Å²) >= 11 is 0. The van der Waals surface area contributed by atoms with Gasteiger partial charge in [0.05, 0.1) is 12.6 Å². The van der Waals surface area contributed by atoms with Crippen LogP contribution in [0.25, 0.3) is 0 Å². The second-order valence-electron chi connectivity index (χ2n) is 7.82. The molecule has 8 heteroatoms. The fourth-order valence-corrected chi connectivity index (χ4v) is 3.70. The first-order valence-corrected chi connectivity index (χ1v) is 9.09. The highest BCUT2D eigenvalue weighted by atomic mass is 19.3. The second kappa shape index (κ2) is 7.24. The summed E-state index contributed by atoms with van der Waals surface area (Å²) in [5.41, 5.74) is -0.454. The Hall–Kier alpha value is -1.93. The van der Waals surface area contributed by atoms with E-state index in [-0.39, 0.29) is 24.2 Å². The molecule has 1 aromatic rings. The minimum absolute atomic E-state index is 0.0301. The Morgan fingerprint density at radius 2 is 2.00 bits per heavy atom. The van der Waals surface area contributed by atoms with E-state index in [0.717, 1.165) is 0 Å². The van der Waals surface area contributed by atoms with E-state index in [1.54, 1.807) is 24.8 Å². The van der Waals surface area contributed by atoms with Gasteiger partial charge in [0, 0.05) is 24.7 Å². The molecular formula is C19H26F2N2O4. The third-order valence-corrected chi connectivity index (χ3v) is 5.26. The molecule has 6 nitrogen and oxygen atoms in total. The molecule has 0 aliphatic carbocycles. The largest absolute Gasteiger partial charge is 0.485 e. The summed E-state index contributed by atoms with van der Waals surface area (Å²) in [6, 6.07) is 3.92. The van der Waals surface area contributed by atoms with E-state index in [1.165, 1.54) is 12.1 Å². The molecule has 0 spiro atoms. The fraction of sp³-hybridized carbons (Fsp3) is 0.632. The number of piperazine rings is 1. The predicted molar refractivity (Wildman–Crippen MR) is 95.0 cm³/mol. The van der Waals surface area contributed by atoms with Crippen LogP contribution in [0.5, 0.6) is 11.5 Å². The zero-order valence-corrected chi connectivity index (χ0v) is 16.0.